The number of hydrogen-bond donors (Lipinski definition) is 2. The maximum Gasteiger partial charge on any atom is 0.366 e. The van der Waals surface area contributed by atoms with E-state index < -0.39 is 18.1 Å². The SMILES string of the molecule is O=C1N[C@H](C(=O)O)Oc2ccc(Br)cc21. The fraction of sp³-hybridized carbons (Fsp3) is 0.111. The highest BCUT2D eigenvalue weighted by molar-refractivity contribution is 9.10. The Hall–Kier alpha value is -1.56. The van der Waals surface area contributed by atoms with E-state index in [1.807, 2.05) is 0 Å². The molecule has 1 heterocycles. The Morgan fingerprint density at radius 3 is 2.93 bits per heavy atom. The standard InChI is InChI=1S/C9H6BrNO4/c10-4-1-2-6-5(3-4)7(12)11-8(15-6)9(13)14/h1-3,8H,(H,11,12)(H,13,14)/t8-/m0/s1. The molecule has 1 atom stereocenters. The average Bonchev–Trinajstić information content (AvgIpc) is 2.18. The number of carboxylic acids is 1. The summed E-state index contributed by atoms with van der Waals surface area (Å²) >= 11 is 3.21. The molecule has 0 unspecified atom stereocenters. The molecule has 1 aromatic carbocycles. The minimum Gasteiger partial charge on any atom is -0.477 e. The molecule has 6 heteroatoms. The van der Waals surface area contributed by atoms with Crippen LogP contribution in [-0.4, -0.2) is 23.2 Å². The summed E-state index contributed by atoms with van der Waals surface area (Å²) < 4.78 is 5.80. The van der Waals surface area contributed by atoms with Crippen molar-refractivity contribution in [2.75, 3.05) is 0 Å². The number of amides is 1. The number of fused-ring (bicyclic) bond motifs is 1. The molecule has 0 fully saturated rings. The molecule has 1 aromatic rings. The van der Waals surface area contributed by atoms with Crippen LogP contribution < -0.4 is 10.1 Å². The van der Waals surface area contributed by atoms with E-state index in [9.17, 15) is 9.59 Å². The number of halogens is 1. The van der Waals surface area contributed by atoms with Crippen molar-refractivity contribution in [2.45, 2.75) is 6.23 Å². The van der Waals surface area contributed by atoms with Gasteiger partial charge in [-0.2, -0.15) is 0 Å². The van der Waals surface area contributed by atoms with Gasteiger partial charge in [-0.05, 0) is 18.2 Å². The summed E-state index contributed by atoms with van der Waals surface area (Å²) in [7, 11) is 0. The lowest BCUT2D eigenvalue weighted by atomic mass is 10.1. The first kappa shape index (κ1) is 9.97. The van der Waals surface area contributed by atoms with Gasteiger partial charge in [-0.1, -0.05) is 15.9 Å². The van der Waals surface area contributed by atoms with Gasteiger partial charge in [0.1, 0.15) is 5.75 Å². The van der Waals surface area contributed by atoms with E-state index >= 15 is 0 Å². The quantitative estimate of drug-likeness (QED) is 0.799. The van der Waals surface area contributed by atoms with Crippen molar-refractivity contribution in [1.82, 2.24) is 5.32 Å². The predicted octanol–water partition coefficient (Wildman–Crippen LogP) is 0.982. The normalized spacial score (nSPS) is 18.7. The van der Waals surface area contributed by atoms with Crippen LogP contribution in [0.1, 0.15) is 10.4 Å². The van der Waals surface area contributed by atoms with Gasteiger partial charge >= 0.3 is 5.97 Å². The van der Waals surface area contributed by atoms with Gasteiger partial charge in [0.15, 0.2) is 0 Å². The Kier molecular flexibility index (Phi) is 2.36. The Morgan fingerprint density at radius 2 is 2.27 bits per heavy atom. The number of hydrogen-bond acceptors (Lipinski definition) is 3. The number of nitrogens with one attached hydrogen (secondary N) is 1. The second kappa shape index (κ2) is 3.54. The summed E-state index contributed by atoms with van der Waals surface area (Å²) in [6.45, 7) is 0. The maximum atomic E-state index is 11.5. The third kappa shape index (κ3) is 1.80. The van der Waals surface area contributed by atoms with Crippen molar-refractivity contribution in [2.24, 2.45) is 0 Å². The topological polar surface area (TPSA) is 75.6 Å². The molecule has 78 valence electrons. The van der Waals surface area contributed by atoms with Gasteiger partial charge in [0.25, 0.3) is 12.1 Å². The first-order valence-corrected chi connectivity index (χ1v) is 4.87. The lowest BCUT2D eigenvalue weighted by molar-refractivity contribution is -0.146. The molecule has 0 spiro atoms. The van der Waals surface area contributed by atoms with Crippen molar-refractivity contribution >= 4 is 27.8 Å². The Morgan fingerprint density at radius 1 is 1.53 bits per heavy atom. The molecule has 0 bridgehead atoms. The van der Waals surface area contributed by atoms with E-state index in [4.69, 9.17) is 9.84 Å². The molecule has 0 saturated carbocycles. The lowest BCUT2D eigenvalue weighted by Crippen LogP contribution is -2.48. The van der Waals surface area contributed by atoms with Crippen LogP contribution in [-0.2, 0) is 4.79 Å². The first-order valence-electron chi connectivity index (χ1n) is 4.08. The van der Waals surface area contributed by atoms with Crippen LogP contribution >= 0.6 is 15.9 Å². The molecular formula is C9H6BrNO4. The molecule has 0 aromatic heterocycles. The maximum absolute atomic E-state index is 11.5. The van der Waals surface area contributed by atoms with Gasteiger partial charge in [-0.25, -0.2) is 4.79 Å². The Labute approximate surface area is 93.2 Å². The Bertz CT molecular complexity index is 446. The van der Waals surface area contributed by atoms with E-state index in [1.165, 1.54) is 0 Å². The van der Waals surface area contributed by atoms with Crippen molar-refractivity contribution in [3.05, 3.63) is 28.2 Å². The summed E-state index contributed by atoms with van der Waals surface area (Å²) in [6, 6.07) is 4.80. The fourth-order valence-corrected chi connectivity index (χ4v) is 1.61. The summed E-state index contributed by atoms with van der Waals surface area (Å²) in [5, 5.41) is 10.9. The minimum absolute atomic E-state index is 0.273. The highest BCUT2D eigenvalue weighted by atomic mass is 79.9. The van der Waals surface area contributed by atoms with Crippen LogP contribution in [0.4, 0.5) is 0 Å². The highest BCUT2D eigenvalue weighted by Crippen LogP contribution is 2.26. The number of carboxylic acid groups (broad SMARTS) is 1. The smallest absolute Gasteiger partial charge is 0.366 e. The number of carbonyl (C=O) groups excluding carboxylic acids is 1. The minimum atomic E-state index is -1.31. The van der Waals surface area contributed by atoms with Crippen LogP contribution in [0.2, 0.25) is 0 Å². The molecule has 0 aliphatic carbocycles. The average molecular weight is 272 g/mol. The van der Waals surface area contributed by atoms with Crippen LogP contribution in [0.25, 0.3) is 0 Å². The molecule has 1 amide bonds. The Balaban J connectivity index is 2.41. The van der Waals surface area contributed by atoms with Crippen LogP contribution in [0.5, 0.6) is 5.75 Å². The van der Waals surface area contributed by atoms with E-state index in [0.29, 0.717) is 5.56 Å². The second-order valence-corrected chi connectivity index (χ2v) is 3.87. The van der Waals surface area contributed by atoms with Gasteiger partial charge in [0, 0.05) is 4.47 Å². The molecule has 1 aliphatic rings. The molecule has 2 N–H and O–H groups in total. The van der Waals surface area contributed by atoms with Gasteiger partial charge in [0.2, 0.25) is 0 Å². The van der Waals surface area contributed by atoms with E-state index in [2.05, 4.69) is 21.2 Å². The zero-order valence-corrected chi connectivity index (χ0v) is 8.95. The number of rotatable bonds is 1. The third-order valence-electron chi connectivity index (χ3n) is 1.92. The largest absolute Gasteiger partial charge is 0.477 e. The van der Waals surface area contributed by atoms with Crippen molar-refractivity contribution < 1.29 is 19.4 Å². The van der Waals surface area contributed by atoms with Gasteiger partial charge in [0.05, 0.1) is 5.56 Å². The van der Waals surface area contributed by atoms with Gasteiger partial charge in [-0.15, -0.1) is 0 Å². The van der Waals surface area contributed by atoms with E-state index in [-0.39, 0.29) is 5.75 Å². The molecule has 0 radical (unpaired) electrons. The summed E-state index contributed by atoms with van der Waals surface area (Å²) in [6.07, 6.45) is -1.31. The predicted molar refractivity (Wildman–Crippen MR) is 53.7 cm³/mol. The van der Waals surface area contributed by atoms with Crippen molar-refractivity contribution in [3.8, 4) is 5.75 Å². The van der Waals surface area contributed by atoms with E-state index in [0.717, 1.165) is 4.47 Å². The summed E-state index contributed by atoms with van der Waals surface area (Å²) in [4.78, 5) is 22.1. The van der Waals surface area contributed by atoms with Gasteiger partial charge in [-0.3, -0.25) is 4.79 Å². The monoisotopic (exact) mass is 271 g/mol. The highest BCUT2D eigenvalue weighted by Gasteiger charge is 2.30. The molecule has 1 aliphatic heterocycles. The first-order chi connectivity index (χ1) is 7.08. The van der Waals surface area contributed by atoms with Crippen LogP contribution in [0, 0.1) is 0 Å². The number of benzene rings is 1. The molecule has 5 nitrogen and oxygen atoms in total. The zero-order chi connectivity index (χ0) is 11.0. The van der Waals surface area contributed by atoms with Crippen LogP contribution in [0.15, 0.2) is 22.7 Å². The van der Waals surface area contributed by atoms with E-state index in [1.54, 1.807) is 18.2 Å². The van der Waals surface area contributed by atoms with Gasteiger partial charge < -0.3 is 15.2 Å². The molecular weight excluding hydrogens is 266 g/mol. The number of aliphatic carboxylic acids is 1. The lowest BCUT2D eigenvalue weighted by Gasteiger charge is -2.23. The van der Waals surface area contributed by atoms with Crippen molar-refractivity contribution in [3.63, 3.8) is 0 Å². The summed E-state index contributed by atoms with van der Waals surface area (Å²) in [5.41, 5.74) is 0.321. The van der Waals surface area contributed by atoms with Crippen molar-refractivity contribution in [1.29, 1.82) is 0 Å². The zero-order valence-electron chi connectivity index (χ0n) is 7.36. The second-order valence-electron chi connectivity index (χ2n) is 2.95. The molecule has 0 saturated heterocycles. The third-order valence-corrected chi connectivity index (χ3v) is 2.41. The molecule has 15 heavy (non-hydrogen) atoms. The number of ether oxygens (including phenoxy) is 1. The number of carbonyl (C=O) groups is 2. The van der Waals surface area contributed by atoms with Crippen LogP contribution in [0.3, 0.4) is 0 Å². The molecule has 2 rings (SSSR count). The summed E-state index contributed by atoms with van der Waals surface area (Å²) in [5.74, 6) is -1.41. The fourth-order valence-electron chi connectivity index (χ4n) is 1.25.